The third-order valence-electron chi connectivity index (χ3n) is 9.57. The van der Waals surface area contributed by atoms with Crippen LogP contribution in [0.5, 0.6) is 0 Å². The molecule has 7 heteroatoms. The predicted molar refractivity (Wildman–Crippen MR) is 168 cm³/mol. The molecule has 1 fully saturated rings. The number of fused-ring (bicyclic) bond motifs is 1. The molecule has 1 saturated carbocycles. The van der Waals surface area contributed by atoms with Gasteiger partial charge in [-0.25, -0.2) is 0 Å². The molecule has 3 N–H and O–H groups in total. The fraction of sp³-hybridized carbons (Fsp3) is 0.400. The van der Waals surface area contributed by atoms with E-state index >= 15 is 0 Å². The molecule has 0 bridgehead atoms. The minimum atomic E-state index is -0.444. The van der Waals surface area contributed by atoms with E-state index in [-0.39, 0.29) is 28.4 Å². The lowest BCUT2D eigenvalue weighted by Crippen LogP contribution is -2.49. The Morgan fingerprint density at radius 2 is 1.83 bits per heavy atom. The first-order chi connectivity index (χ1) is 19.9. The van der Waals surface area contributed by atoms with E-state index in [0.29, 0.717) is 33.9 Å². The molecule has 7 rings (SSSR count). The average molecular weight is 563 g/mol. The van der Waals surface area contributed by atoms with Crippen molar-refractivity contribution in [3.8, 4) is 0 Å². The molecule has 1 amide bonds. The lowest BCUT2D eigenvalue weighted by molar-refractivity contribution is -0.114. The molecule has 2 unspecified atom stereocenters. The van der Waals surface area contributed by atoms with E-state index in [1.165, 1.54) is 13.3 Å². The monoisotopic (exact) mass is 562 g/mol. The Bertz CT molecular complexity index is 1880. The second kappa shape index (κ2) is 8.93. The van der Waals surface area contributed by atoms with Gasteiger partial charge in [-0.1, -0.05) is 52.0 Å². The number of carbonyl (C=O) groups excluding carboxylic acids is 2. The van der Waals surface area contributed by atoms with Crippen molar-refractivity contribution in [1.82, 2.24) is 0 Å². The maximum Gasteiger partial charge on any atom is 0.221 e. The number of aliphatic hydroxyl groups is 1. The van der Waals surface area contributed by atoms with Crippen LogP contribution >= 0.6 is 0 Å². The summed E-state index contributed by atoms with van der Waals surface area (Å²) in [7, 11) is 2.03. The quantitative estimate of drug-likeness (QED) is 0.388. The lowest BCUT2D eigenvalue weighted by Gasteiger charge is -2.43. The number of Topliss-reactive ketones (excluding diaryl/α,β-unsaturated/α-hetero) is 1. The number of aliphatic hydroxyl groups excluding tert-OH is 1. The maximum absolute atomic E-state index is 14.1. The molecular formula is C35H38N4O3. The Hall–Kier alpha value is -4.13. The molecule has 4 aliphatic rings. The average Bonchev–Trinajstić information content (AvgIpc) is 3.11. The summed E-state index contributed by atoms with van der Waals surface area (Å²) in [5, 5.41) is 21.8. The van der Waals surface area contributed by atoms with Crippen LogP contribution in [0.4, 0.5) is 17.1 Å². The van der Waals surface area contributed by atoms with Crippen LogP contribution in [0.1, 0.15) is 65.0 Å². The molecule has 0 aromatic heterocycles. The highest BCUT2D eigenvalue weighted by molar-refractivity contribution is 6.52. The standard InChI is InChI=1S/C35H38N4O3/c1-18-12-19(2)16-35(15-18)37-25-9-7-8-21-10-11-22(31(38-35)28(21)25)29-32(41)30(33(29)42)23-13-24-27(14-26(23)36-20(3)40)39(6)17-34(24,4)5/h7-11,13-14,18-19,37,41H,12,15-17H2,1-6H3,(H,36,40)/b29-22+. The van der Waals surface area contributed by atoms with Gasteiger partial charge in [0.1, 0.15) is 11.4 Å². The van der Waals surface area contributed by atoms with Gasteiger partial charge in [-0.05, 0) is 60.2 Å². The van der Waals surface area contributed by atoms with E-state index in [1.807, 2.05) is 31.3 Å². The van der Waals surface area contributed by atoms with Crippen molar-refractivity contribution in [2.75, 3.05) is 29.1 Å². The highest BCUT2D eigenvalue weighted by Crippen LogP contribution is 2.47. The number of allylic oxidation sites excluding steroid dienone is 2. The van der Waals surface area contributed by atoms with Crippen LogP contribution in [0.3, 0.4) is 0 Å². The van der Waals surface area contributed by atoms with E-state index in [2.05, 4.69) is 61.4 Å². The number of nitrogens with zero attached hydrogens (tertiary/aromatic N) is 2. The van der Waals surface area contributed by atoms with Crippen LogP contribution < -0.4 is 26.1 Å². The molecule has 0 radical (unpaired) electrons. The number of hydrogen-bond donors (Lipinski definition) is 3. The Balaban J connectivity index is 1.48. The fourth-order valence-corrected chi connectivity index (χ4v) is 8.17. The number of anilines is 3. The predicted octanol–water partition coefficient (Wildman–Crippen LogP) is 5.43. The summed E-state index contributed by atoms with van der Waals surface area (Å²) in [5.74, 6) is 0.532. The van der Waals surface area contributed by atoms with Gasteiger partial charge in [-0.2, -0.15) is 0 Å². The number of hydrogen-bond acceptors (Lipinski definition) is 6. The van der Waals surface area contributed by atoms with Crippen molar-refractivity contribution in [1.29, 1.82) is 0 Å². The highest BCUT2D eigenvalue weighted by Gasteiger charge is 2.42. The largest absolute Gasteiger partial charge is 0.506 e. The van der Waals surface area contributed by atoms with Gasteiger partial charge in [0.2, 0.25) is 11.7 Å². The van der Waals surface area contributed by atoms with Crippen LogP contribution in [0, 0.1) is 11.8 Å². The van der Waals surface area contributed by atoms with Crippen LogP contribution in [-0.2, 0) is 15.0 Å². The zero-order valence-electron chi connectivity index (χ0n) is 25.2. The molecule has 2 heterocycles. The van der Waals surface area contributed by atoms with Crippen LogP contribution in [-0.4, -0.2) is 36.1 Å². The molecular weight excluding hydrogens is 524 g/mol. The molecule has 1 spiro atoms. The summed E-state index contributed by atoms with van der Waals surface area (Å²) in [5.41, 5.74) is 4.16. The van der Waals surface area contributed by atoms with Gasteiger partial charge in [0.15, 0.2) is 0 Å². The first-order valence-corrected chi connectivity index (χ1v) is 15.0. The van der Waals surface area contributed by atoms with Crippen molar-refractivity contribution in [2.45, 2.75) is 65.0 Å². The summed E-state index contributed by atoms with van der Waals surface area (Å²) in [6, 6.07) is 14.0. The van der Waals surface area contributed by atoms with Gasteiger partial charge in [0.05, 0.1) is 22.2 Å². The van der Waals surface area contributed by atoms with Crippen molar-refractivity contribution in [3.63, 3.8) is 0 Å². The maximum atomic E-state index is 14.1. The van der Waals surface area contributed by atoms with E-state index in [9.17, 15) is 14.7 Å². The topological polar surface area (TPSA) is 94.0 Å². The molecule has 216 valence electrons. The first-order valence-electron chi connectivity index (χ1n) is 15.0. The minimum absolute atomic E-state index is 0.0445. The summed E-state index contributed by atoms with van der Waals surface area (Å²) in [4.78, 5) is 33.8. The summed E-state index contributed by atoms with van der Waals surface area (Å²) in [6.07, 6.45) is 3.00. The Kier molecular flexibility index (Phi) is 5.69. The Morgan fingerprint density at radius 3 is 2.52 bits per heavy atom. The molecule has 0 saturated heterocycles. The number of carbonyl (C=O) groups is 2. The van der Waals surface area contributed by atoms with E-state index in [1.54, 1.807) is 0 Å². The van der Waals surface area contributed by atoms with Gasteiger partial charge in [-0.3, -0.25) is 14.6 Å². The van der Waals surface area contributed by atoms with Crippen molar-refractivity contribution in [3.05, 3.63) is 69.9 Å². The second-order valence-electron chi connectivity index (χ2n) is 13.8. The van der Waals surface area contributed by atoms with Gasteiger partial charge in [0.25, 0.3) is 0 Å². The van der Waals surface area contributed by atoms with Gasteiger partial charge in [-0.15, -0.1) is 0 Å². The number of benzene rings is 3. The van der Waals surface area contributed by atoms with Crippen molar-refractivity contribution < 1.29 is 14.7 Å². The summed E-state index contributed by atoms with van der Waals surface area (Å²) in [6.45, 7) is 11.2. The minimum Gasteiger partial charge on any atom is -0.506 e. The number of ketones is 1. The fourth-order valence-electron chi connectivity index (χ4n) is 8.17. The highest BCUT2D eigenvalue weighted by atomic mass is 16.3. The third kappa shape index (κ3) is 3.89. The molecule has 3 aromatic rings. The molecule has 42 heavy (non-hydrogen) atoms. The molecule has 3 aromatic carbocycles. The number of likely N-dealkylation sites (N-methyl/N-ethyl adjacent to an activating group) is 1. The zero-order chi connectivity index (χ0) is 29.7. The summed E-state index contributed by atoms with van der Waals surface area (Å²) >= 11 is 0. The Labute approximate surface area is 246 Å². The Morgan fingerprint density at radius 1 is 1.10 bits per heavy atom. The SMILES string of the molecule is CC(=O)Nc1cc2c(cc1C1=C(O)/C(=c3/ccc4cccc5c4c3=NC3(CC(C)CC(C)C3)N5)C1=O)C(C)(C)CN2C. The van der Waals surface area contributed by atoms with E-state index in [4.69, 9.17) is 4.99 Å². The van der Waals surface area contributed by atoms with E-state index in [0.717, 1.165) is 52.5 Å². The number of amides is 1. The normalized spacial score (nSPS) is 27.0. The van der Waals surface area contributed by atoms with E-state index < -0.39 is 5.66 Å². The number of nitrogens with one attached hydrogen (secondary N) is 2. The molecule has 2 aliphatic carbocycles. The summed E-state index contributed by atoms with van der Waals surface area (Å²) < 4.78 is 0. The van der Waals surface area contributed by atoms with Crippen LogP contribution in [0.2, 0.25) is 0 Å². The van der Waals surface area contributed by atoms with Crippen molar-refractivity contribution in [2.24, 2.45) is 16.8 Å². The van der Waals surface area contributed by atoms with Gasteiger partial charge < -0.3 is 20.6 Å². The van der Waals surface area contributed by atoms with Crippen LogP contribution in [0.15, 0.2) is 53.2 Å². The van der Waals surface area contributed by atoms with Crippen LogP contribution in [0.25, 0.3) is 21.9 Å². The van der Waals surface area contributed by atoms with Gasteiger partial charge >= 0.3 is 0 Å². The zero-order valence-corrected chi connectivity index (χ0v) is 25.2. The first kappa shape index (κ1) is 26.7. The molecule has 2 atom stereocenters. The second-order valence-corrected chi connectivity index (χ2v) is 13.8. The van der Waals surface area contributed by atoms with Gasteiger partial charge in [0, 0.05) is 53.5 Å². The van der Waals surface area contributed by atoms with Crippen molar-refractivity contribution >= 4 is 50.7 Å². The smallest absolute Gasteiger partial charge is 0.221 e. The number of rotatable bonds is 2. The molecule has 7 nitrogen and oxygen atoms in total. The molecule has 2 aliphatic heterocycles. The lowest BCUT2D eigenvalue weighted by atomic mass is 9.75. The third-order valence-corrected chi connectivity index (χ3v) is 9.57.